The first kappa shape index (κ1) is 14.7. The summed E-state index contributed by atoms with van der Waals surface area (Å²) in [7, 11) is -3.14. The van der Waals surface area contributed by atoms with Crippen LogP contribution in [0.3, 0.4) is 0 Å². The molecule has 0 radical (unpaired) electrons. The van der Waals surface area contributed by atoms with Crippen molar-refractivity contribution in [3.8, 4) is 0 Å². The number of carbonyl (C=O) groups is 1. The van der Waals surface area contributed by atoms with Crippen LogP contribution in [-0.2, 0) is 14.8 Å². The molecule has 110 valence electrons. The van der Waals surface area contributed by atoms with Crippen molar-refractivity contribution in [3.05, 3.63) is 0 Å². The quantitative estimate of drug-likeness (QED) is 0.747. The van der Waals surface area contributed by atoms with Gasteiger partial charge in [0.2, 0.25) is 15.9 Å². The Balaban J connectivity index is 1.91. The zero-order valence-corrected chi connectivity index (χ0v) is 12.3. The first-order valence-electron chi connectivity index (χ1n) is 6.92. The predicted octanol–water partition coefficient (Wildman–Crippen LogP) is -0.391. The van der Waals surface area contributed by atoms with Crippen LogP contribution < -0.4 is 5.73 Å². The number of rotatable bonds is 5. The average molecular weight is 289 g/mol. The van der Waals surface area contributed by atoms with Crippen molar-refractivity contribution < 1.29 is 13.2 Å². The normalized spacial score (nSPS) is 23.4. The molecule has 0 aromatic carbocycles. The fourth-order valence-electron chi connectivity index (χ4n) is 2.55. The van der Waals surface area contributed by atoms with Gasteiger partial charge >= 0.3 is 0 Å². The van der Waals surface area contributed by atoms with Crippen molar-refractivity contribution in [2.75, 3.05) is 38.5 Å². The SMILES string of the molecule is CCCS(=O)(=O)N1CCN(C(=O)C2(CN)CC2)CC1. The molecule has 2 aliphatic rings. The summed E-state index contributed by atoms with van der Waals surface area (Å²) in [5, 5.41) is 0. The van der Waals surface area contributed by atoms with E-state index in [9.17, 15) is 13.2 Å². The van der Waals surface area contributed by atoms with Crippen molar-refractivity contribution in [2.45, 2.75) is 26.2 Å². The lowest BCUT2D eigenvalue weighted by Crippen LogP contribution is -2.53. The van der Waals surface area contributed by atoms with Gasteiger partial charge in [0.25, 0.3) is 0 Å². The van der Waals surface area contributed by atoms with E-state index in [0.717, 1.165) is 12.8 Å². The van der Waals surface area contributed by atoms with Crippen LogP contribution in [0, 0.1) is 5.41 Å². The summed E-state index contributed by atoms with van der Waals surface area (Å²) in [4.78, 5) is 14.0. The zero-order chi connectivity index (χ0) is 14.1. The number of hydrogen-bond donors (Lipinski definition) is 1. The Morgan fingerprint density at radius 3 is 2.21 bits per heavy atom. The Kier molecular flexibility index (Phi) is 4.17. The second-order valence-electron chi connectivity index (χ2n) is 5.49. The van der Waals surface area contributed by atoms with E-state index >= 15 is 0 Å². The smallest absolute Gasteiger partial charge is 0.230 e. The van der Waals surface area contributed by atoms with Crippen LogP contribution in [0.5, 0.6) is 0 Å². The third-order valence-electron chi connectivity index (χ3n) is 4.08. The van der Waals surface area contributed by atoms with Crippen LogP contribution in [-0.4, -0.2) is 62.0 Å². The second-order valence-corrected chi connectivity index (χ2v) is 7.58. The van der Waals surface area contributed by atoms with Crippen molar-refractivity contribution >= 4 is 15.9 Å². The summed E-state index contributed by atoms with van der Waals surface area (Å²) in [5.41, 5.74) is 5.33. The van der Waals surface area contributed by atoms with Crippen LogP contribution in [0.15, 0.2) is 0 Å². The number of hydrogen-bond acceptors (Lipinski definition) is 4. The number of nitrogens with two attached hydrogens (primary N) is 1. The summed E-state index contributed by atoms with van der Waals surface area (Å²) in [6.07, 6.45) is 2.37. The molecule has 0 bridgehead atoms. The Hall–Kier alpha value is -0.660. The topological polar surface area (TPSA) is 83.7 Å². The molecule has 0 aromatic rings. The molecule has 2 fully saturated rings. The molecule has 1 saturated carbocycles. The van der Waals surface area contributed by atoms with Gasteiger partial charge in [-0.15, -0.1) is 0 Å². The predicted molar refractivity (Wildman–Crippen MR) is 73.0 cm³/mol. The van der Waals surface area contributed by atoms with Crippen molar-refractivity contribution in [3.63, 3.8) is 0 Å². The molecule has 1 amide bonds. The van der Waals surface area contributed by atoms with E-state index in [1.54, 1.807) is 4.90 Å². The van der Waals surface area contributed by atoms with Crippen LogP contribution in [0.1, 0.15) is 26.2 Å². The van der Waals surface area contributed by atoms with Crippen LogP contribution >= 0.6 is 0 Å². The van der Waals surface area contributed by atoms with Gasteiger partial charge in [0.15, 0.2) is 0 Å². The van der Waals surface area contributed by atoms with Gasteiger partial charge < -0.3 is 10.6 Å². The van der Waals surface area contributed by atoms with Crippen molar-refractivity contribution in [1.82, 2.24) is 9.21 Å². The van der Waals surface area contributed by atoms with E-state index in [1.165, 1.54) is 4.31 Å². The van der Waals surface area contributed by atoms with E-state index in [-0.39, 0.29) is 17.1 Å². The van der Waals surface area contributed by atoms with E-state index in [0.29, 0.717) is 39.1 Å². The zero-order valence-electron chi connectivity index (χ0n) is 11.5. The van der Waals surface area contributed by atoms with Gasteiger partial charge in [-0.3, -0.25) is 4.79 Å². The maximum absolute atomic E-state index is 12.3. The van der Waals surface area contributed by atoms with E-state index in [1.807, 2.05) is 6.92 Å². The lowest BCUT2D eigenvalue weighted by atomic mass is 10.1. The standard InChI is InChI=1S/C12H23N3O3S/c1-2-9-19(17,18)15-7-5-14(6-8-15)11(16)12(10-13)3-4-12/h2-10,13H2,1H3. The Bertz CT molecular complexity index is 437. The second kappa shape index (κ2) is 5.38. The third-order valence-corrected chi connectivity index (χ3v) is 6.16. The van der Waals surface area contributed by atoms with Crippen LogP contribution in [0.2, 0.25) is 0 Å². The molecule has 2 rings (SSSR count). The molecule has 0 unspecified atom stereocenters. The lowest BCUT2D eigenvalue weighted by molar-refractivity contribution is -0.137. The molecule has 6 nitrogen and oxygen atoms in total. The fourth-order valence-corrected chi connectivity index (χ4v) is 4.04. The third kappa shape index (κ3) is 2.93. The van der Waals surface area contributed by atoms with Crippen LogP contribution in [0.25, 0.3) is 0 Å². The number of amides is 1. The van der Waals surface area contributed by atoms with Gasteiger partial charge in [-0.05, 0) is 19.3 Å². The van der Waals surface area contributed by atoms with Gasteiger partial charge in [0.1, 0.15) is 0 Å². The molecule has 1 aliphatic heterocycles. The summed E-state index contributed by atoms with van der Waals surface area (Å²) in [6.45, 7) is 4.06. The van der Waals surface area contributed by atoms with Gasteiger partial charge in [-0.2, -0.15) is 4.31 Å². The monoisotopic (exact) mass is 289 g/mol. The molecule has 0 atom stereocenters. The Labute approximate surface area is 115 Å². The maximum atomic E-state index is 12.3. The Morgan fingerprint density at radius 2 is 1.79 bits per heavy atom. The first-order chi connectivity index (χ1) is 8.95. The lowest BCUT2D eigenvalue weighted by Gasteiger charge is -2.35. The van der Waals surface area contributed by atoms with Gasteiger partial charge in [-0.25, -0.2) is 8.42 Å². The first-order valence-corrected chi connectivity index (χ1v) is 8.53. The summed E-state index contributed by atoms with van der Waals surface area (Å²) >= 11 is 0. The van der Waals surface area contributed by atoms with E-state index in [2.05, 4.69) is 0 Å². The molecule has 1 heterocycles. The molecule has 0 aromatic heterocycles. The average Bonchev–Trinajstić information content (AvgIpc) is 3.19. The molecular formula is C12H23N3O3S. The van der Waals surface area contributed by atoms with E-state index in [4.69, 9.17) is 5.73 Å². The number of piperazine rings is 1. The van der Waals surface area contributed by atoms with E-state index < -0.39 is 10.0 Å². The highest BCUT2D eigenvalue weighted by Crippen LogP contribution is 2.46. The molecule has 19 heavy (non-hydrogen) atoms. The van der Waals surface area contributed by atoms with Gasteiger partial charge in [0.05, 0.1) is 11.2 Å². The summed E-state index contributed by atoms with van der Waals surface area (Å²) in [5.74, 6) is 0.302. The molecule has 2 N–H and O–H groups in total. The minimum absolute atomic E-state index is 0.113. The largest absolute Gasteiger partial charge is 0.340 e. The maximum Gasteiger partial charge on any atom is 0.230 e. The highest BCUT2D eigenvalue weighted by molar-refractivity contribution is 7.89. The fraction of sp³-hybridized carbons (Fsp3) is 0.917. The number of sulfonamides is 1. The highest BCUT2D eigenvalue weighted by atomic mass is 32.2. The minimum atomic E-state index is -3.14. The van der Waals surface area contributed by atoms with Crippen molar-refractivity contribution in [2.24, 2.45) is 11.1 Å². The highest BCUT2D eigenvalue weighted by Gasteiger charge is 2.50. The summed E-state index contributed by atoms with van der Waals surface area (Å²) in [6, 6.07) is 0. The van der Waals surface area contributed by atoms with Crippen molar-refractivity contribution in [1.29, 1.82) is 0 Å². The minimum Gasteiger partial charge on any atom is -0.340 e. The molecular weight excluding hydrogens is 266 g/mol. The molecule has 1 aliphatic carbocycles. The Morgan fingerprint density at radius 1 is 1.21 bits per heavy atom. The van der Waals surface area contributed by atoms with Gasteiger partial charge in [-0.1, -0.05) is 6.92 Å². The summed E-state index contributed by atoms with van der Waals surface area (Å²) < 4.78 is 25.4. The number of nitrogens with zero attached hydrogens (tertiary/aromatic N) is 2. The van der Waals surface area contributed by atoms with Crippen LogP contribution in [0.4, 0.5) is 0 Å². The number of carbonyl (C=O) groups excluding carboxylic acids is 1. The molecule has 7 heteroatoms. The molecule has 0 spiro atoms. The van der Waals surface area contributed by atoms with Gasteiger partial charge in [0, 0.05) is 32.7 Å². The molecule has 1 saturated heterocycles.